The number of hydrogen-bond acceptors (Lipinski definition) is 2. The summed E-state index contributed by atoms with van der Waals surface area (Å²) in [6, 6.07) is 2.91. The molecule has 0 radical (unpaired) electrons. The summed E-state index contributed by atoms with van der Waals surface area (Å²) in [6.07, 6.45) is 14.7. The second-order valence-electron chi connectivity index (χ2n) is 8.42. The van der Waals surface area contributed by atoms with Crippen molar-refractivity contribution in [2.45, 2.75) is 65.2 Å². The van der Waals surface area contributed by atoms with Crippen molar-refractivity contribution in [1.29, 1.82) is 0 Å². The predicted molar refractivity (Wildman–Crippen MR) is 109 cm³/mol. The van der Waals surface area contributed by atoms with Gasteiger partial charge in [-0.05, 0) is 101 Å². The summed E-state index contributed by atoms with van der Waals surface area (Å²) in [5.74, 6) is 0.958. The zero-order valence-electron chi connectivity index (χ0n) is 17.3. The lowest BCUT2D eigenvalue weighted by atomic mass is 9.69. The molecule has 1 aromatic rings. The molecular weight excluding hydrogens is 358 g/mol. The molecule has 0 heterocycles. The first-order valence-electron chi connectivity index (χ1n) is 11.0. The van der Waals surface area contributed by atoms with E-state index in [0.29, 0.717) is 19.1 Å². The van der Waals surface area contributed by atoms with Crippen molar-refractivity contribution in [3.63, 3.8) is 0 Å². The largest absolute Gasteiger partial charge is 0.491 e. The molecule has 0 aromatic heterocycles. The average Bonchev–Trinajstić information content (AvgIpc) is 2.72. The van der Waals surface area contributed by atoms with Crippen LogP contribution in [0.25, 0.3) is 0 Å². The normalized spacial score (nSPS) is 28.4. The molecule has 1 aromatic carbocycles. The highest BCUT2D eigenvalue weighted by molar-refractivity contribution is 5.35. The number of allylic oxidation sites excluding steroid dienone is 2. The van der Waals surface area contributed by atoms with Crippen LogP contribution in [0.3, 0.4) is 0 Å². The van der Waals surface area contributed by atoms with E-state index in [1.165, 1.54) is 50.7 Å². The molecule has 2 saturated carbocycles. The van der Waals surface area contributed by atoms with Crippen LogP contribution in [0.4, 0.5) is 8.78 Å². The van der Waals surface area contributed by atoms with Crippen LogP contribution in [0.15, 0.2) is 24.3 Å². The summed E-state index contributed by atoms with van der Waals surface area (Å²) in [4.78, 5) is 0. The number of halogens is 2. The van der Waals surface area contributed by atoms with Crippen molar-refractivity contribution in [3.8, 4) is 11.5 Å². The maximum absolute atomic E-state index is 14.1. The third-order valence-electron chi connectivity index (χ3n) is 6.63. The van der Waals surface area contributed by atoms with E-state index < -0.39 is 11.6 Å². The van der Waals surface area contributed by atoms with Crippen LogP contribution in [0.2, 0.25) is 0 Å². The van der Waals surface area contributed by atoms with E-state index in [1.54, 1.807) is 6.92 Å². The van der Waals surface area contributed by atoms with Gasteiger partial charge in [0.1, 0.15) is 0 Å². The maximum Gasteiger partial charge on any atom is 0.204 e. The van der Waals surface area contributed by atoms with Crippen LogP contribution in [-0.2, 0) is 0 Å². The fraction of sp³-hybridized carbons (Fsp3) is 0.667. The highest BCUT2D eigenvalue weighted by Crippen LogP contribution is 2.41. The molecule has 0 bridgehead atoms. The molecule has 0 atom stereocenters. The first-order valence-corrected chi connectivity index (χ1v) is 11.0. The van der Waals surface area contributed by atoms with Crippen LogP contribution in [-0.4, -0.2) is 13.2 Å². The number of ether oxygens (including phenoxy) is 2. The summed E-state index contributed by atoms with van der Waals surface area (Å²) in [7, 11) is 0. The molecule has 0 amide bonds. The first-order chi connectivity index (χ1) is 13.6. The van der Waals surface area contributed by atoms with Crippen molar-refractivity contribution < 1.29 is 18.3 Å². The van der Waals surface area contributed by atoms with E-state index in [-0.39, 0.29) is 11.5 Å². The van der Waals surface area contributed by atoms with Gasteiger partial charge in [0.15, 0.2) is 11.5 Å². The van der Waals surface area contributed by atoms with Crippen LogP contribution >= 0.6 is 0 Å². The second-order valence-corrected chi connectivity index (χ2v) is 8.42. The number of rotatable bonds is 7. The molecule has 0 unspecified atom stereocenters. The number of benzene rings is 1. The predicted octanol–water partition coefficient (Wildman–Crippen LogP) is 6.93. The van der Waals surface area contributed by atoms with Gasteiger partial charge in [-0.2, -0.15) is 8.78 Å². The maximum atomic E-state index is 14.1. The third kappa shape index (κ3) is 5.27. The van der Waals surface area contributed by atoms with Gasteiger partial charge in [-0.15, -0.1) is 0 Å². The highest BCUT2D eigenvalue weighted by Gasteiger charge is 2.30. The van der Waals surface area contributed by atoms with Crippen molar-refractivity contribution in [1.82, 2.24) is 0 Å². The Balaban J connectivity index is 1.43. The third-order valence-corrected chi connectivity index (χ3v) is 6.63. The molecule has 2 aliphatic rings. The molecule has 0 aliphatic heterocycles. The summed E-state index contributed by atoms with van der Waals surface area (Å²) in [5.41, 5.74) is 0. The molecule has 0 spiro atoms. The van der Waals surface area contributed by atoms with Crippen molar-refractivity contribution in [3.05, 3.63) is 35.9 Å². The minimum atomic E-state index is -0.962. The van der Waals surface area contributed by atoms with Crippen molar-refractivity contribution in [2.75, 3.05) is 13.2 Å². The molecule has 156 valence electrons. The van der Waals surface area contributed by atoms with E-state index in [9.17, 15) is 8.78 Å². The lowest BCUT2D eigenvalue weighted by Gasteiger charge is -2.37. The van der Waals surface area contributed by atoms with E-state index in [0.717, 1.165) is 30.6 Å². The minimum Gasteiger partial charge on any atom is -0.491 e. The Morgan fingerprint density at radius 1 is 0.857 bits per heavy atom. The Labute approximate surface area is 168 Å². The molecule has 28 heavy (non-hydrogen) atoms. The van der Waals surface area contributed by atoms with Gasteiger partial charge >= 0.3 is 0 Å². The molecule has 2 fully saturated rings. The smallest absolute Gasteiger partial charge is 0.204 e. The van der Waals surface area contributed by atoms with Gasteiger partial charge in [0.2, 0.25) is 11.6 Å². The zero-order valence-corrected chi connectivity index (χ0v) is 17.3. The molecule has 2 aliphatic carbocycles. The molecule has 3 rings (SSSR count). The fourth-order valence-electron chi connectivity index (χ4n) is 5.01. The first kappa shape index (κ1) is 21.1. The quantitative estimate of drug-likeness (QED) is 0.468. The van der Waals surface area contributed by atoms with Gasteiger partial charge < -0.3 is 9.47 Å². The Kier molecular flexibility index (Phi) is 7.75. The van der Waals surface area contributed by atoms with Gasteiger partial charge in [0.05, 0.1) is 13.2 Å². The van der Waals surface area contributed by atoms with Gasteiger partial charge in [0, 0.05) is 0 Å². The SMILES string of the molecule is C/C=C/C1CCC(C2CCC(COc3ccc(OCC)c(F)c3F)CC2)CC1. The van der Waals surface area contributed by atoms with Gasteiger partial charge in [0.25, 0.3) is 0 Å². The highest BCUT2D eigenvalue weighted by atomic mass is 19.2. The lowest BCUT2D eigenvalue weighted by Crippen LogP contribution is -2.27. The van der Waals surface area contributed by atoms with Crippen LogP contribution in [0.1, 0.15) is 65.2 Å². The Morgan fingerprint density at radius 3 is 1.93 bits per heavy atom. The average molecular weight is 393 g/mol. The van der Waals surface area contributed by atoms with Crippen LogP contribution < -0.4 is 9.47 Å². The molecule has 0 saturated heterocycles. The Morgan fingerprint density at radius 2 is 1.39 bits per heavy atom. The van der Waals surface area contributed by atoms with Gasteiger partial charge in [-0.1, -0.05) is 12.2 Å². The zero-order chi connectivity index (χ0) is 19.9. The van der Waals surface area contributed by atoms with Gasteiger partial charge in [-0.25, -0.2) is 0 Å². The molecule has 4 heteroatoms. The van der Waals surface area contributed by atoms with E-state index >= 15 is 0 Å². The second kappa shape index (κ2) is 10.3. The van der Waals surface area contributed by atoms with Crippen molar-refractivity contribution >= 4 is 0 Å². The minimum absolute atomic E-state index is 0.00891. The number of hydrogen-bond donors (Lipinski definition) is 0. The van der Waals surface area contributed by atoms with Crippen LogP contribution in [0.5, 0.6) is 11.5 Å². The fourth-order valence-corrected chi connectivity index (χ4v) is 5.01. The molecular formula is C24H34F2O2. The van der Waals surface area contributed by atoms with E-state index in [2.05, 4.69) is 19.1 Å². The van der Waals surface area contributed by atoms with Gasteiger partial charge in [-0.3, -0.25) is 0 Å². The van der Waals surface area contributed by atoms with Crippen LogP contribution in [0, 0.1) is 35.3 Å². The Bertz CT molecular complexity index is 642. The summed E-state index contributed by atoms with van der Waals surface area (Å²) in [6.45, 7) is 4.62. The van der Waals surface area contributed by atoms with E-state index in [1.807, 2.05) is 0 Å². The lowest BCUT2D eigenvalue weighted by molar-refractivity contribution is 0.127. The summed E-state index contributed by atoms with van der Waals surface area (Å²) >= 11 is 0. The van der Waals surface area contributed by atoms with E-state index in [4.69, 9.17) is 9.47 Å². The molecule has 0 N–H and O–H groups in total. The topological polar surface area (TPSA) is 18.5 Å². The monoisotopic (exact) mass is 392 g/mol. The molecule has 2 nitrogen and oxygen atoms in total. The Hall–Kier alpha value is -1.58. The summed E-state index contributed by atoms with van der Waals surface area (Å²) < 4.78 is 38.8. The standard InChI is InChI=1S/C24H34F2O2/c1-3-5-17-6-10-19(11-7-17)20-12-8-18(9-13-20)16-28-22-15-14-21(27-4-2)23(25)24(22)26/h3,5,14-15,17-20H,4,6-13,16H2,1-2H3/b5-3+. The van der Waals surface area contributed by atoms with Crippen molar-refractivity contribution in [2.24, 2.45) is 23.7 Å². The summed E-state index contributed by atoms with van der Waals surface area (Å²) in [5, 5.41) is 0.